The maximum absolute atomic E-state index is 13.5. The van der Waals surface area contributed by atoms with Gasteiger partial charge in [0, 0.05) is 26.2 Å². The highest BCUT2D eigenvalue weighted by atomic mass is 16.5. The first kappa shape index (κ1) is 19.6. The summed E-state index contributed by atoms with van der Waals surface area (Å²) >= 11 is 0. The van der Waals surface area contributed by atoms with Crippen molar-refractivity contribution in [3.05, 3.63) is 42.0 Å². The molecule has 4 atom stereocenters. The zero-order chi connectivity index (χ0) is 20.9. The molecule has 3 saturated heterocycles. The third-order valence-corrected chi connectivity index (χ3v) is 7.00. The van der Waals surface area contributed by atoms with Crippen molar-refractivity contribution in [2.45, 2.75) is 24.7 Å². The Hall–Kier alpha value is -2.38. The van der Waals surface area contributed by atoms with Crippen molar-refractivity contribution in [3.63, 3.8) is 0 Å². The molecule has 30 heavy (non-hydrogen) atoms. The lowest BCUT2D eigenvalue weighted by Crippen LogP contribution is -2.47. The van der Waals surface area contributed by atoms with Gasteiger partial charge in [0.05, 0.1) is 31.6 Å². The number of ether oxygens (including phenoxy) is 2. The SMILES string of the molecule is COc1cccc(CN2C[C@]34C=C[C@H](O3)[C@@H](C(=O)N3CCCN(C)CC3)[C@H]4C2=O)c1. The molecule has 0 N–H and O–H groups in total. The second-order valence-corrected chi connectivity index (χ2v) is 8.93. The maximum Gasteiger partial charge on any atom is 0.230 e. The number of hydrogen-bond donors (Lipinski definition) is 0. The van der Waals surface area contributed by atoms with Crippen LogP contribution in [0.4, 0.5) is 0 Å². The van der Waals surface area contributed by atoms with E-state index in [0.29, 0.717) is 19.6 Å². The first-order valence-corrected chi connectivity index (χ1v) is 10.8. The van der Waals surface area contributed by atoms with Gasteiger partial charge in [-0.2, -0.15) is 0 Å². The van der Waals surface area contributed by atoms with Crippen LogP contribution in [0, 0.1) is 11.8 Å². The highest BCUT2D eigenvalue weighted by molar-refractivity contribution is 5.93. The summed E-state index contributed by atoms with van der Waals surface area (Å²) in [5, 5.41) is 0. The molecule has 4 heterocycles. The van der Waals surface area contributed by atoms with E-state index in [4.69, 9.17) is 9.47 Å². The predicted octanol–water partition coefficient (Wildman–Crippen LogP) is 1.14. The number of methoxy groups -OCH3 is 1. The summed E-state index contributed by atoms with van der Waals surface area (Å²) in [5.74, 6) is 0.0274. The number of hydrogen-bond acceptors (Lipinski definition) is 5. The summed E-state index contributed by atoms with van der Waals surface area (Å²) in [5.41, 5.74) is 0.347. The standard InChI is InChI=1S/C23H29N3O4/c1-24-9-4-10-25(12-11-24)21(27)19-18-7-8-23(30-18)15-26(22(28)20(19)23)14-16-5-3-6-17(13-16)29-2/h3,5-8,13,18-20H,4,9-12,14-15H2,1-2H3/t18-,19+,20-,23-/m0/s1. The fourth-order valence-corrected chi connectivity index (χ4v) is 5.46. The summed E-state index contributed by atoms with van der Waals surface area (Å²) in [7, 11) is 3.72. The van der Waals surface area contributed by atoms with Crippen molar-refractivity contribution in [3.8, 4) is 5.75 Å². The lowest BCUT2D eigenvalue weighted by Gasteiger charge is -2.29. The Labute approximate surface area is 177 Å². The van der Waals surface area contributed by atoms with Crippen molar-refractivity contribution < 1.29 is 19.1 Å². The molecule has 2 bridgehead atoms. The minimum atomic E-state index is -0.663. The first-order valence-electron chi connectivity index (χ1n) is 10.8. The van der Waals surface area contributed by atoms with Crippen LogP contribution in [0.2, 0.25) is 0 Å². The van der Waals surface area contributed by atoms with Crippen molar-refractivity contribution in [2.24, 2.45) is 11.8 Å². The molecule has 1 aromatic rings. The van der Waals surface area contributed by atoms with Crippen LogP contribution in [0.3, 0.4) is 0 Å². The van der Waals surface area contributed by atoms with Gasteiger partial charge in [-0.25, -0.2) is 0 Å². The first-order chi connectivity index (χ1) is 14.5. The molecule has 1 spiro atoms. The van der Waals surface area contributed by atoms with E-state index in [-0.39, 0.29) is 17.9 Å². The van der Waals surface area contributed by atoms with E-state index < -0.39 is 17.4 Å². The molecule has 1 aromatic carbocycles. The zero-order valence-corrected chi connectivity index (χ0v) is 17.6. The summed E-state index contributed by atoms with van der Waals surface area (Å²) in [4.78, 5) is 33.0. The zero-order valence-electron chi connectivity index (χ0n) is 17.6. The highest BCUT2D eigenvalue weighted by Crippen LogP contribution is 2.52. The van der Waals surface area contributed by atoms with Crippen molar-refractivity contribution >= 4 is 11.8 Å². The Balaban J connectivity index is 1.36. The van der Waals surface area contributed by atoms with Gasteiger partial charge in [-0.1, -0.05) is 24.3 Å². The average Bonchev–Trinajstić information content (AvgIpc) is 3.32. The van der Waals surface area contributed by atoms with Gasteiger partial charge in [-0.3, -0.25) is 9.59 Å². The van der Waals surface area contributed by atoms with Crippen LogP contribution in [0.1, 0.15) is 12.0 Å². The van der Waals surface area contributed by atoms with Crippen LogP contribution in [0.5, 0.6) is 5.75 Å². The third kappa shape index (κ3) is 3.11. The second kappa shape index (κ2) is 7.39. The van der Waals surface area contributed by atoms with Gasteiger partial charge < -0.3 is 24.2 Å². The van der Waals surface area contributed by atoms with Crippen molar-refractivity contribution in [2.75, 3.05) is 46.9 Å². The van der Waals surface area contributed by atoms with Crippen LogP contribution in [0.15, 0.2) is 36.4 Å². The second-order valence-electron chi connectivity index (χ2n) is 8.93. The van der Waals surface area contributed by atoms with Crippen LogP contribution >= 0.6 is 0 Å². The van der Waals surface area contributed by atoms with Gasteiger partial charge in [-0.05, 0) is 37.7 Å². The smallest absolute Gasteiger partial charge is 0.230 e. The normalized spacial score (nSPS) is 33.1. The van der Waals surface area contributed by atoms with Crippen molar-refractivity contribution in [1.82, 2.24) is 14.7 Å². The number of likely N-dealkylation sites (tertiary alicyclic amines) is 1. The van der Waals surface area contributed by atoms with Gasteiger partial charge in [0.1, 0.15) is 11.4 Å². The molecule has 5 rings (SSSR count). The average molecular weight is 412 g/mol. The highest BCUT2D eigenvalue weighted by Gasteiger charge is 2.67. The molecule has 4 aliphatic rings. The molecule has 2 amide bonds. The van der Waals surface area contributed by atoms with Crippen LogP contribution in [-0.2, 0) is 20.9 Å². The lowest BCUT2D eigenvalue weighted by atomic mass is 9.76. The van der Waals surface area contributed by atoms with Crippen molar-refractivity contribution in [1.29, 1.82) is 0 Å². The number of carbonyl (C=O) groups excluding carboxylic acids is 2. The van der Waals surface area contributed by atoms with Crippen LogP contribution < -0.4 is 4.74 Å². The third-order valence-electron chi connectivity index (χ3n) is 7.00. The number of carbonyl (C=O) groups is 2. The molecule has 0 aliphatic carbocycles. The minimum absolute atomic E-state index is 0.0231. The Morgan fingerprint density at radius 2 is 2.13 bits per heavy atom. The molecular formula is C23H29N3O4. The van der Waals surface area contributed by atoms with Gasteiger partial charge in [-0.15, -0.1) is 0 Å². The van der Waals surface area contributed by atoms with Crippen LogP contribution in [-0.4, -0.2) is 85.1 Å². The van der Waals surface area contributed by atoms with E-state index in [1.54, 1.807) is 7.11 Å². The molecular weight excluding hydrogens is 382 g/mol. The molecule has 4 aliphatic heterocycles. The minimum Gasteiger partial charge on any atom is -0.497 e. The Morgan fingerprint density at radius 3 is 2.97 bits per heavy atom. The molecule has 0 saturated carbocycles. The van der Waals surface area contributed by atoms with E-state index in [1.807, 2.05) is 46.2 Å². The summed E-state index contributed by atoms with van der Waals surface area (Å²) in [6, 6.07) is 7.76. The predicted molar refractivity (Wildman–Crippen MR) is 111 cm³/mol. The van der Waals surface area contributed by atoms with Gasteiger partial charge in [0.2, 0.25) is 11.8 Å². The Bertz CT molecular complexity index is 887. The molecule has 3 fully saturated rings. The topological polar surface area (TPSA) is 62.3 Å². The van der Waals surface area contributed by atoms with Gasteiger partial charge in [0.25, 0.3) is 0 Å². The monoisotopic (exact) mass is 411 g/mol. The molecule has 160 valence electrons. The van der Waals surface area contributed by atoms with E-state index in [2.05, 4.69) is 11.9 Å². The summed E-state index contributed by atoms with van der Waals surface area (Å²) < 4.78 is 11.6. The number of amides is 2. The van der Waals surface area contributed by atoms with Crippen LogP contribution in [0.25, 0.3) is 0 Å². The molecule has 7 nitrogen and oxygen atoms in total. The Kier molecular flexibility index (Phi) is 4.82. The van der Waals surface area contributed by atoms with E-state index in [9.17, 15) is 9.59 Å². The quantitative estimate of drug-likeness (QED) is 0.696. The fourth-order valence-electron chi connectivity index (χ4n) is 5.46. The summed E-state index contributed by atoms with van der Waals surface area (Å²) in [6.45, 7) is 4.31. The van der Waals surface area contributed by atoms with Gasteiger partial charge in [0.15, 0.2) is 0 Å². The Morgan fingerprint density at radius 1 is 1.27 bits per heavy atom. The lowest BCUT2D eigenvalue weighted by molar-refractivity contribution is -0.143. The largest absolute Gasteiger partial charge is 0.497 e. The number of likely N-dealkylation sites (N-methyl/N-ethyl adjacent to an activating group) is 1. The number of nitrogens with zero attached hydrogens (tertiary/aromatic N) is 3. The van der Waals surface area contributed by atoms with E-state index >= 15 is 0 Å². The van der Waals surface area contributed by atoms with Gasteiger partial charge >= 0.3 is 0 Å². The summed E-state index contributed by atoms with van der Waals surface area (Å²) in [6.07, 6.45) is 4.69. The fraction of sp³-hybridized carbons (Fsp3) is 0.565. The molecule has 0 radical (unpaired) electrons. The van der Waals surface area contributed by atoms with E-state index in [0.717, 1.165) is 37.4 Å². The molecule has 0 aromatic heterocycles. The number of rotatable bonds is 4. The number of fused-ring (bicyclic) bond motifs is 1. The number of benzene rings is 1. The maximum atomic E-state index is 13.5. The molecule has 7 heteroatoms. The van der Waals surface area contributed by atoms with E-state index in [1.165, 1.54) is 0 Å². The molecule has 0 unspecified atom stereocenters.